The van der Waals surface area contributed by atoms with Gasteiger partial charge >= 0.3 is 0 Å². The summed E-state index contributed by atoms with van der Waals surface area (Å²) in [7, 11) is 0.754. The van der Waals surface area contributed by atoms with Crippen molar-refractivity contribution in [1.82, 2.24) is 9.80 Å². The lowest BCUT2D eigenvalue weighted by molar-refractivity contribution is -0.132. The molecule has 2 rings (SSSR count). The van der Waals surface area contributed by atoms with E-state index in [0.29, 0.717) is 13.1 Å². The summed E-state index contributed by atoms with van der Waals surface area (Å²) in [5, 5.41) is 0. The molecule has 0 saturated carbocycles. The molecular weight excluding hydrogens is 340 g/mol. The molecule has 1 aromatic rings. The molecule has 1 atom stereocenters. The van der Waals surface area contributed by atoms with Gasteiger partial charge in [-0.3, -0.25) is 4.79 Å². The van der Waals surface area contributed by atoms with E-state index in [-0.39, 0.29) is 23.3 Å². The van der Waals surface area contributed by atoms with Crippen molar-refractivity contribution in [3.05, 3.63) is 29.8 Å². The molecule has 1 aliphatic rings. The van der Waals surface area contributed by atoms with Gasteiger partial charge in [0, 0.05) is 32.5 Å². The molecule has 1 unspecified atom stereocenters. The Hall–Kier alpha value is -1.44. The minimum atomic E-state index is -3.22. The van der Waals surface area contributed by atoms with Gasteiger partial charge in [-0.2, -0.15) is 0 Å². The number of hydrogen-bond acceptors (Lipinski definition) is 5. The Balaban J connectivity index is 2.01. The Morgan fingerprint density at radius 2 is 1.88 bits per heavy atom. The van der Waals surface area contributed by atoms with Gasteiger partial charge in [0.15, 0.2) is 9.84 Å². The average molecular weight is 368 g/mol. The van der Waals surface area contributed by atoms with Gasteiger partial charge in [0.1, 0.15) is 0 Å². The molecule has 0 N–H and O–H groups in total. The van der Waals surface area contributed by atoms with Gasteiger partial charge in [0.25, 0.3) is 0 Å². The lowest BCUT2D eigenvalue weighted by Crippen LogP contribution is -2.42. The van der Waals surface area contributed by atoms with E-state index in [4.69, 9.17) is 4.74 Å². The van der Waals surface area contributed by atoms with Crippen molar-refractivity contribution in [2.24, 2.45) is 0 Å². The van der Waals surface area contributed by atoms with E-state index in [1.165, 1.54) is 6.26 Å². The van der Waals surface area contributed by atoms with Gasteiger partial charge in [-0.1, -0.05) is 12.1 Å². The van der Waals surface area contributed by atoms with E-state index in [9.17, 15) is 13.2 Å². The predicted octanol–water partition coefficient (Wildman–Crippen LogP) is 1.20. The van der Waals surface area contributed by atoms with Crippen molar-refractivity contribution >= 4 is 15.7 Å². The molecule has 7 heteroatoms. The van der Waals surface area contributed by atoms with Crippen LogP contribution in [0.1, 0.15) is 18.4 Å². The van der Waals surface area contributed by atoms with Crippen LogP contribution in [-0.4, -0.2) is 76.8 Å². The highest BCUT2D eigenvalue weighted by Gasteiger charge is 2.22. The van der Waals surface area contributed by atoms with Crippen LogP contribution in [0.3, 0.4) is 0 Å². The van der Waals surface area contributed by atoms with Crippen molar-refractivity contribution in [3.63, 3.8) is 0 Å². The first kappa shape index (κ1) is 19.9. The zero-order chi connectivity index (χ0) is 18.4. The Morgan fingerprint density at radius 3 is 2.40 bits per heavy atom. The second kappa shape index (κ2) is 8.78. The normalized spacial score (nSPS) is 17.8. The third kappa shape index (κ3) is 6.41. The number of hydrogen-bond donors (Lipinski definition) is 0. The van der Waals surface area contributed by atoms with E-state index in [0.717, 1.165) is 31.6 Å². The number of ether oxygens (including phenoxy) is 1. The second-order valence-corrected chi connectivity index (χ2v) is 8.89. The quantitative estimate of drug-likeness (QED) is 0.690. The van der Waals surface area contributed by atoms with Gasteiger partial charge in [-0.15, -0.1) is 0 Å². The number of nitrogens with zero attached hydrogens (tertiary/aromatic N) is 2. The van der Waals surface area contributed by atoms with Crippen molar-refractivity contribution in [3.8, 4) is 0 Å². The van der Waals surface area contributed by atoms with Crippen LogP contribution >= 0.6 is 0 Å². The highest BCUT2D eigenvalue weighted by Crippen LogP contribution is 2.15. The number of carbonyl (C=O) groups is 1. The summed E-state index contributed by atoms with van der Waals surface area (Å²) in [5.74, 6) is 0.0458. The lowest BCUT2D eigenvalue weighted by atomic mass is 10.1. The van der Waals surface area contributed by atoms with E-state index in [1.54, 1.807) is 24.3 Å². The van der Waals surface area contributed by atoms with E-state index < -0.39 is 9.84 Å². The van der Waals surface area contributed by atoms with Crippen LogP contribution in [-0.2, 0) is 25.8 Å². The molecule has 0 spiro atoms. The fraction of sp³-hybridized carbons (Fsp3) is 0.611. The van der Waals surface area contributed by atoms with Gasteiger partial charge in [0.2, 0.25) is 5.91 Å². The molecule has 0 radical (unpaired) electrons. The maximum absolute atomic E-state index is 12.7. The van der Waals surface area contributed by atoms with E-state index >= 15 is 0 Å². The van der Waals surface area contributed by atoms with Crippen LogP contribution in [0.25, 0.3) is 0 Å². The molecule has 1 heterocycles. The standard InChI is InChI=1S/C18H28N2O4S/c1-19(2)10-11-20(14-16-5-4-12-24-16)18(21)13-15-6-8-17(9-7-15)25(3,22)23/h6-9,16H,4-5,10-14H2,1-3H3. The smallest absolute Gasteiger partial charge is 0.227 e. The first-order valence-electron chi connectivity index (χ1n) is 8.59. The van der Waals surface area contributed by atoms with E-state index in [1.807, 2.05) is 19.0 Å². The summed E-state index contributed by atoms with van der Waals surface area (Å²) < 4.78 is 28.7. The summed E-state index contributed by atoms with van der Waals surface area (Å²) >= 11 is 0. The monoisotopic (exact) mass is 368 g/mol. The van der Waals surface area contributed by atoms with Crippen molar-refractivity contribution in [2.45, 2.75) is 30.3 Å². The van der Waals surface area contributed by atoms with Crippen molar-refractivity contribution < 1.29 is 17.9 Å². The largest absolute Gasteiger partial charge is 0.376 e. The molecule has 6 nitrogen and oxygen atoms in total. The van der Waals surface area contributed by atoms with Gasteiger partial charge in [-0.05, 0) is 44.6 Å². The number of sulfone groups is 1. The molecule has 1 aromatic carbocycles. The molecule has 1 fully saturated rings. The maximum Gasteiger partial charge on any atom is 0.227 e. The molecule has 0 aliphatic carbocycles. The number of amides is 1. The number of carbonyl (C=O) groups excluding carboxylic acids is 1. The molecule has 25 heavy (non-hydrogen) atoms. The molecule has 1 amide bonds. The van der Waals surface area contributed by atoms with Gasteiger partial charge in [-0.25, -0.2) is 8.42 Å². The summed E-state index contributed by atoms with van der Waals surface area (Å²) in [6, 6.07) is 6.54. The SMILES string of the molecule is CN(C)CCN(CC1CCCO1)C(=O)Cc1ccc(S(C)(=O)=O)cc1. The highest BCUT2D eigenvalue weighted by atomic mass is 32.2. The topological polar surface area (TPSA) is 66.9 Å². The average Bonchev–Trinajstić information content (AvgIpc) is 3.03. The van der Waals surface area contributed by atoms with E-state index in [2.05, 4.69) is 4.90 Å². The third-order valence-corrected chi connectivity index (χ3v) is 5.45. The van der Waals surface area contributed by atoms with Crippen LogP contribution < -0.4 is 0 Å². The molecular formula is C18H28N2O4S. The highest BCUT2D eigenvalue weighted by molar-refractivity contribution is 7.90. The third-order valence-electron chi connectivity index (χ3n) is 4.32. The van der Waals surface area contributed by atoms with Crippen LogP contribution in [0, 0.1) is 0 Å². The number of benzene rings is 1. The van der Waals surface area contributed by atoms with Crippen LogP contribution in [0.15, 0.2) is 29.2 Å². The molecule has 140 valence electrons. The summed E-state index contributed by atoms with van der Waals surface area (Å²) in [5.41, 5.74) is 0.819. The molecule has 0 bridgehead atoms. The molecule has 0 aromatic heterocycles. The first-order valence-corrected chi connectivity index (χ1v) is 10.5. The summed E-state index contributed by atoms with van der Waals surface area (Å²) in [6.45, 7) is 2.85. The zero-order valence-corrected chi connectivity index (χ0v) is 16.1. The van der Waals surface area contributed by atoms with Crippen molar-refractivity contribution in [2.75, 3.05) is 46.6 Å². The Kier molecular flexibility index (Phi) is 6.98. The first-order chi connectivity index (χ1) is 11.8. The fourth-order valence-electron chi connectivity index (χ4n) is 2.81. The Labute approximate surface area is 150 Å². The molecule has 1 saturated heterocycles. The summed E-state index contributed by atoms with van der Waals surface area (Å²) in [4.78, 5) is 16.9. The minimum absolute atomic E-state index is 0.0458. The fourth-order valence-corrected chi connectivity index (χ4v) is 3.44. The minimum Gasteiger partial charge on any atom is -0.376 e. The second-order valence-electron chi connectivity index (χ2n) is 6.87. The van der Waals surface area contributed by atoms with Crippen molar-refractivity contribution in [1.29, 1.82) is 0 Å². The Morgan fingerprint density at radius 1 is 1.20 bits per heavy atom. The zero-order valence-electron chi connectivity index (χ0n) is 15.3. The molecule has 1 aliphatic heterocycles. The maximum atomic E-state index is 12.7. The Bertz CT molecular complexity index is 665. The number of rotatable bonds is 8. The van der Waals surface area contributed by atoms with Crippen LogP contribution in [0.4, 0.5) is 0 Å². The number of likely N-dealkylation sites (N-methyl/N-ethyl adjacent to an activating group) is 1. The van der Waals surface area contributed by atoms with Crippen LogP contribution in [0.2, 0.25) is 0 Å². The van der Waals surface area contributed by atoms with Gasteiger partial charge in [0.05, 0.1) is 17.4 Å². The predicted molar refractivity (Wildman–Crippen MR) is 97.4 cm³/mol. The van der Waals surface area contributed by atoms with Gasteiger partial charge < -0.3 is 14.5 Å². The lowest BCUT2D eigenvalue weighted by Gasteiger charge is -2.27. The van der Waals surface area contributed by atoms with Crippen LogP contribution in [0.5, 0.6) is 0 Å². The summed E-state index contributed by atoms with van der Waals surface area (Å²) in [6.07, 6.45) is 3.61.